The summed E-state index contributed by atoms with van der Waals surface area (Å²) in [7, 11) is 0. The van der Waals surface area contributed by atoms with E-state index in [1.165, 1.54) is 13.0 Å². The van der Waals surface area contributed by atoms with Crippen LogP contribution in [0.4, 0.5) is 0 Å². The summed E-state index contributed by atoms with van der Waals surface area (Å²) < 4.78 is 0. The Kier molecular flexibility index (Phi) is 7.88. The van der Waals surface area contributed by atoms with Crippen LogP contribution in [0.5, 0.6) is 5.75 Å². The van der Waals surface area contributed by atoms with Gasteiger partial charge in [0, 0.05) is 0 Å². The molecule has 0 amide bonds. The van der Waals surface area contributed by atoms with Gasteiger partial charge in [0.2, 0.25) is 0 Å². The number of phenols is 1. The first-order valence-corrected chi connectivity index (χ1v) is 7.31. The van der Waals surface area contributed by atoms with Crippen LogP contribution in [0, 0.1) is 0 Å². The van der Waals surface area contributed by atoms with Crippen molar-refractivity contribution in [2.75, 3.05) is 0 Å². The first-order valence-electron chi connectivity index (χ1n) is 7.31. The highest BCUT2D eigenvalue weighted by Crippen LogP contribution is 2.13. The van der Waals surface area contributed by atoms with Crippen molar-refractivity contribution in [3.8, 4) is 5.75 Å². The minimum atomic E-state index is -1.07. The van der Waals surface area contributed by atoms with Gasteiger partial charge in [-0.25, -0.2) is 0 Å². The average Bonchev–Trinajstić information content (AvgIpc) is 2.61. The van der Waals surface area contributed by atoms with Gasteiger partial charge in [-0.15, -0.1) is 0 Å². The van der Waals surface area contributed by atoms with E-state index in [0.717, 1.165) is 11.6 Å². The van der Waals surface area contributed by atoms with E-state index in [2.05, 4.69) is 6.58 Å². The molecule has 2 aromatic carbocycles. The van der Waals surface area contributed by atoms with E-state index in [0.29, 0.717) is 5.56 Å². The Balaban J connectivity index is 0.000000240. The first-order chi connectivity index (χ1) is 11.4. The van der Waals surface area contributed by atoms with E-state index in [1.54, 1.807) is 54.6 Å². The molecule has 0 radical (unpaired) electrons. The van der Waals surface area contributed by atoms with E-state index in [9.17, 15) is 14.7 Å². The molecule has 0 aliphatic heterocycles. The maximum Gasteiger partial charge on any atom is 0.188 e. The number of hydrogen-bond donors (Lipinski definition) is 2. The molecule has 0 fully saturated rings. The molecule has 0 aliphatic carbocycles. The van der Waals surface area contributed by atoms with Crippen molar-refractivity contribution in [1.29, 1.82) is 0 Å². The van der Waals surface area contributed by atoms with Crippen molar-refractivity contribution in [2.45, 2.75) is 13.0 Å². The average molecular weight is 324 g/mol. The summed E-state index contributed by atoms with van der Waals surface area (Å²) in [5, 5.41) is 18.3. The lowest BCUT2D eigenvalue weighted by atomic mass is 10.1. The smallest absolute Gasteiger partial charge is 0.188 e. The summed E-state index contributed by atoms with van der Waals surface area (Å²) in [5.41, 5.74) is 1.51. The summed E-state index contributed by atoms with van der Waals surface area (Å²) in [6.45, 7) is 4.79. The zero-order valence-electron chi connectivity index (χ0n) is 13.4. The standard InChI is InChI=1S/2C10H10O2/c1-8(11)2-3-9-4-6-10(12)7-5-9;1-2-9(11)10(12)8-6-4-3-5-7-8/h2-7,12H,1H3;2-7,10,12H,1H2/b3-2+;. The maximum absolute atomic E-state index is 10.9. The normalized spacial score (nSPS) is 11.2. The number of aliphatic hydroxyl groups excluding tert-OH is 1. The van der Waals surface area contributed by atoms with Gasteiger partial charge in [-0.3, -0.25) is 9.59 Å². The SMILES string of the molecule is C=CC(=O)C(O)c1ccccc1.CC(=O)/C=C/c1ccc(O)cc1. The number of ketones is 2. The van der Waals surface area contributed by atoms with Crippen molar-refractivity contribution in [3.05, 3.63) is 84.5 Å². The molecular formula is C20H20O4. The van der Waals surface area contributed by atoms with Gasteiger partial charge in [-0.1, -0.05) is 55.1 Å². The zero-order chi connectivity index (χ0) is 17.9. The fourth-order valence-corrected chi connectivity index (χ4v) is 1.71. The molecule has 0 heterocycles. The van der Waals surface area contributed by atoms with Gasteiger partial charge < -0.3 is 10.2 Å². The second-order valence-electron chi connectivity index (χ2n) is 4.96. The van der Waals surface area contributed by atoms with Crippen LogP contribution in [-0.2, 0) is 9.59 Å². The molecule has 0 saturated carbocycles. The van der Waals surface area contributed by atoms with Gasteiger partial charge in [0.15, 0.2) is 11.6 Å². The van der Waals surface area contributed by atoms with Crippen molar-refractivity contribution >= 4 is 17.6 Å². The molecule has 2 aromatic rings. The third-order valence-corrected chi connectivity index (χ3v) is 2.99. The van der Waals surface area contributed by atoms with Gasteiger partial charge in [0.25, 0.3) is 0 Å². The van der Waals surface area contributed by atoms with E-state index in [-0.39, 0.29) is 17.3 Å². The predicted octanol–water partition coefficient (Wildman–Crippen LogP) is 3.47. The van der Waals surface area contributed by atoms with E-state index in [4.69, 9.17) is 5.11 Å². The number of carbonyl (C=O) groups is 2. The minimum absolute atomic E-state index is 0.0167. The number of benzene rings is 2. The van der Waals surface area contributed by atoms with Gasteiger partial charge in [-0.05, 0) is 42.3 Å². The van der Waals surface area contributed by atoms with E-state index < -0.39 is 6.10 Å². The molecule has 1 atom stereocenters. The van der Waals surface area contributed by atoms with Gasteiger partial charge >= 0.3 is 0 Å². The molecule has 0 aliphatic rings. The molecule has 0 saturated heterocycles. The summed E-state index contributed by atoms with van der Waals surface area (Å²) in [5.74, 6) is -0.126. The lowest BCUT2D eigenvalue weighted by molar-refractivity contribution is -0.122. The molecule has 0 aromatic heterocycles. The Morgan fingerprint density at radius 3 is 2.12 bits per heavy atom. The quantitative estimate of drug-likeness (QED) is 0.826. The number of rotatable bonds is 5. The second kappa shape index (κ2) is 9.92. The largest absolute Gasteiger partial charge is 0.508 e. The monoisotopic (exact) mass is 324 g/mol. The topological polar surface area (TPSA) is 74.6 Å². The lowest BCUT2D eigenvalue weighted by Gasteiger charge is -2.05. The Bertz CT molecular complexity index is 700. The molecule has 24 heavy (non-hydrogen) atoms. The molecule has 0 spiro atoms. The Hall–Kier alpha value is -2.98. The van der Waals surface area contributed by atoms with Crippen LogP contribution in [0.2, 0.25) is 0 Å². The molecule has 2 rings (SSSR count). The molecule has 1 unspecified atom stereocenters. The number of aliphatic hydroxyl groups is 1. The first kappa shape index (κ1) is 19.1. The predicted molar refractivity (Wildman–Crippen MR) is 94.4 cm³/mol. The number of carbonyl (C=O) groups excluding carboxylic acids is 2. The Morgan fingerprint density at radius 1 is 1.04 bits per heavy atom. The maximum atomic E-state index is 10.9. The number of phenolic OH excluding ortho intramolecular Hbond substituents is 1. The third-order valence-electron chi connectivity index (χ3n) is 2.99. The van der Waals surface area contributed by atoms with Crippen LogP contribution in [0.1, 0.15) is 24.2 Å². The Morgan fingerprint density at radius 2 is 1.62 bits per heavy atom. The minimum Gasteiger partial charge on any atom is -0.508 e. The van der Waals surface area contributed by atoms with Gasteiger partial charge in [0.05, 0.1) is 0 Å². The van der Waals surface area contributed by atoms with Crippen LogP contribution >= 0.6 is 0 Å². The number of aromatic hydroxyl groups is 1. The summed E-state index contributed by atoms with van der Waals surface area (Å²) in [6, 6.07) is 15.4. The highest BCUT2D eigenvalue weighted by Gasteiger charge is 2.12. The van der Waals surface area contributed by atoms with Gasteiger partial charge in [0.1, 0.15) is 11.9 Å². The van der Waals surface area contributed by atoms with Crippen LogP contribution in [0.25, 0.3) is 6.08 Å². The van der Waals surface area contributed by atoms with Crippen molar-refractivity contribution < 1.29 is 19.8 Å². The summed E-state index contributed by atoms with van der Waals surface area (Å²) >= 11 is 0. The summed E-state index contributed by atoms with van der Waals surface area (Å²) in [4.78, 5) is 21.5. The summed E-state index contributed by atoms with van der Waals surface area (Å²) in [6.07, 6.45) is 3.26. The highest BCUT2D eigenvalue weighted by atomic mass is 16.3. The molecule has 0 bridgehead atoms. The highest BCUT2D eigenvalue weighted by molar-refractivity contribution is 5.93. The number of hydrogen-bond acceptors (Lipinski definition) is 4. The van der Waals surface area contributed by atoms with Crippen molar-refractivity contribution in [1.82, 2.24) is 0 Å². The zero-order valence-corrected chi connectivity index (χ0v) is 13.4. The molecule has 4 heteroatoms. The molecule has 2 N–H and O–H groups in total. The fourth-order valence-electron chi connectivity index (χ4n) is 1.71. The molecule has 124 valence electrons. The Labute approximate surface area is 141 Å². The molecular weight excluding hydrogens is 304 g/mol. The van der Waals surface area contributed by atoms with E-state index in [1.807, 2.05) is 6.07 Å². The van der Waals surface area contributed by atoms with Crippen LogP contribution < -0.4 is 0 Å². The van der Waals surface area contributed by atoms with Crippen LogP contribution in [0.3, 0.4) is 0 Å². The third kappa shape index (κ3) is 6.85. The molecule has 4 nitrogen and oxygen atoms in total. The fraction of sp³-hybridized carbons (Fsp3) is 0.100. The van der Waals surface area contributed by atoms with Crippen LogP contribution in [0.15, 0.2) is 73.3 Å². The van der Waals surface area contributed by atoms with Crippen LogP contribution in [-0.4, -0.2) is 21.8 Å². The van der Waals surface area contributed by atoms with Crippen molar-refractivity contribution in [2.24, 2.45) is 0 Å². The number of allylic oxidation sites excluding steroid dienone is 1. The van der Waals surface area contributed by atoms with E-state index >= 15 is 0 Å². The second-order valence-corrected chi connectivity index (χ2v) is 4.96. The van der Waals surface area contributed by atoms with Gasteiger partial charge in [-0.2, -0.15) is 0 Å². The lowest BCUT2D eigenvalue weighted by Crippen LogP contribution is -2.08. The van der Waals surface area contributed by atoms with Crippen molar-refractivity contribution in [3.63, 3.8) is 0 Å².